The first-order valence-corrected chi connectivity index (χ1v) is 22.3. The number of hydrogen-bond acceptors (Lipinski definition) is 11. The van der Waals surface area contributed by atoms with Crippen molar-refractivity contribution in [2.75, 3.05) is 66.9 Å². The van der Waals surface area contributed by atoms with Crippen LogP contribution in [0.1, 0.15) is 72.1 Å². The van der Waals surface area contributed by atoms with Gasteiger partial charge in [-0.15, -0.1) is 0 Å². The van der Waals surface area contributed by atoms with Crippen LogP contribution in [0.4, 0.5) is 22.7 Å². The summed E-state index contributed by atoms with van der Waals surface area (Å²) in [7, 11) is 5.27. The number of amides is 4. The number of carbonyl (C=O) groups is 4. The minimum atomic E-state index is -1.01. The van der Waals surface area contributed by atoms with Gasteiger partial charge in [0, 0.05) is 95.8 Å². The van der Waals surface area contributed by atoms with Crippen LogP contribution in [0.15, 0.2) is 83.7 Å². The quantitative estimate of drug-likeness (QED) is 0.101. The lowest BCUT2D eigenvalue weighted by Gasteiger charge is -2.54. The number of carbonyl (C=O) groups excluding carboxylic acids is 4. The predicted molar refractivity (Wildman–Crippen MR) is 245 cm³/mol. The van der Waals surface area contributed by atoms with Gasteiger partial charge in [0.25, 0.3) is 5.91 Å². The number of para-hydroxylation sites is 1. The zero-order valence-corrected chi connectivity index (χ0v) is 36.4. The Morgan fingerprint density at radius 3 is 2.45 bits per heavy atom. The SMILES string of the molecule is CNC(=O)c1cccc(NC(O)C2NN(C)c3ccc(-c4ccc(N5CCCC5=O)cc4CN4CC5(CCN(c6cccc7c6n(C)c(=O)n7C6CCC(=O)NC6=O)CC5)C4)cc32)c1. The van der Waals surface area contributed by atoms with Gasteiger partial charge in [0.1, 0.15) is 12.3 Å². The maximum absolute atomic E-state index is 13.6. The Morgan fingerprint density at radius 1 is 0.906 bits per heavy atom. The van der Waals surface area contributed by atoms with Gasteiger partial charge < -0.3 is 30.5 Å². The zero-order chi connectivity index (χ0) is 44.4. The number of nitrogens with one attached hydrogen (secondary N) is 4. The first-order valence-electron chi connectivity index (χ1n) is 22.3. The van der Waals surface area contributed by atoms with E-state index in [2.05, 4.69) is 73.6 Å². The molecule has 5 aliphatic heterocycles. The van der Waals surface area contributed by atoms with Crippen LogP contribution in [0.2, 0.25) is 0 Å². The number of rotatable bonds is 10. The molecule has 4 saturated heterocycles. The normalized spacial score (nSPS) is 21.3. The lowest BCUT2D eigenvalue weighted by Crippen LogP contribution is -2.59. The molecule has 3 unspecified atom stereocenters. The summed E-state index contributed by atoms with van der Waals surface area (Å²) in [5.74, 6) is -0.807. The number of piperidine rings is 2. The first-order chi connectivity index (χ1) is 30.9. The van der Waals surface area contributed by atoms with Crippen LogP contribution < -0.4 is 41.9 Å². The summed E-state index contributed by atoms with van der Waals surface area (Å²) in [5, 5.41) is 21.7. The van der Waals surface area contributed by atoms with Crippen molar-refractivity contribution in [1.82, 2.24) is 30.1 Å². The van der Waals surface area contributed by atoms with Crippen molar-refractivity contribution in [2.24, 2.45) is 12.5 Å². The molecular weight excluding hydrogens is 813 g/mol. The highest BCUT2D eigenvalue weighted by Crippen LogP contribution is 2.45. The van der Waals surface area contributed by atoms with Gasteiger partial charge in [-0.3, -0.25) is 38.5 Å². The largest absolute Gasteiger partial charge is 0.372 e. The highest BCUT2D eigenvalue weighted by atomic mass is 16.3. The van der Waals surface area contributed by atoms with Gasteiger partial charge in [0.05, 0.1) is 28.5 Å². The van der Waals surface area contributed by atoms with Crippen LogP contribution in [0.25, 0.3) is 22.2 Å². The molecule has 5 aromatic rings. The number of aromatic nitrogens is 2. The van der Waals surface area contributed by atoms with Crippen LogP contribution in [-0.4, -0.2) is 95.8 Å². The molecule has 6 heterocycles. The molecule has 1 aromatic heterocycles. The molecule has 0 saturated carbocycles. The number of nitrogens with zero attached hydrogens (tertiary/aromatic N) is 6. The molecule has 0 bridgehead atoms. The minimum Gasteiger partial charge on any atom is -0.372 e. The molecule has 1 spiro atoms. The van der Waals surface area contributed by atoms with Gasteiger partial charge in [0.2, 0.25) is 17.7 Å². The third-order valence-corrected chi connectivity index (χ3v) is 14.1. The Labute approximate surface area is 370 Å². The van der Waals surface area contributed by atoms with Gasteiger partial charge in [0.15, 0.2) is 0 Å². The zero-order valence-electron chi connectivity index (χ0n) is 36.4. The number of imidazole rings is 1. The molecule has 5 aliphatic rings. The smallest absolute Gasteiger partial charge is 0.329 e. The molecule has 0 radical (unpaired) electrons. The van der Waals surface area contributed by atoms with E-state index in [-0.39, 0.29) is 35.2 Å². The standard InChI is InChI=1S/C48H54N10O6/c1-49-44(61)30-7-4-8-32(23-30)50-46(63)42-35-25-29(12-15-36(35)54(3)52-42)34-14-13-33(57-20-6-11-41(57)60)24-31(34)26-55-27-48(28-55)18-21-56(22-19-48)37-9-5-10-38-43(37)53(2)47(64)58(38)39-16-17-40(59)51-45(39)62/h4-5,7-10,12-15,23-25,39,42,46,50,52,63H,6,11,16-22,26-28H2,1-3H3,(H,49,61)(H,51,59,62). The topological polar surface area (TPSA) is 177 Å². The van der Waals surface area contributed by atoms with E-state index in [9.17, 15) is 29.1 Å². The molecule has 4 amide bonds. The molecule has 16 heteroatoms. The molecular formula is C48H54N10O6. The van der Waals surface area contributed by atoms with Crippen molar-refractivity contribution in [3.8, 4) is 11.1 Å². The number of likely N-dealkylation sites (tertiary alicyclic amines) is 1. The van der Waals surface area contributed by atoms with E-state index in [0.717, 1.165) is 96.8 Å². The summed E-state index contributed by atoms with van der Waals surface area (Å²) in [5.41, 5.74) is 12.9. The molecule has 3 atom stereocenters. The predicted octanol–water partition coefficient (Wildman–Crippen LogP) is 4.00. The van der Waals surface area contributed by atoms with Crippen LogP contribution in [-0.2, 0) is 28.0 Å². The maximum Gasteiger partial charge on any atom is 0.329 e. The van der Waals surface area contributed by atoms with Crippen LogP contribution in [0, 0.1) is 5.41 Å². The molecule has 64 heavy (non-hydrogen) atoms. The average molecular weight is 867 g/mol. The number of aliphatic hydroxyl groups is 1. The Hall–Kier alpha value is -6.49. The molecule has 4 fully saturated rings. The lowest BCUT2D eigenvalue weighted by atomic mass is 9.71. The van der Waals surface area contributed by atoms with Crippen LogP contribution in [0.3, 0.4) is 0 Å². The first kappa shape index (κ1) is 41.5. The molecule has 5 N–H and O–H groups in total. The van der Waals surface area contributed by atoms with Gasteiger partial charge in [-0.05, 0) is 102 Å². The summed E-state index contributed by atoms with van der Waals surface area (Å²) in [6, 6.07) is 24.4. The van der Waals surface area contributed by atoms with Crippen LogP contribution in [0.5, 0.6) is 0 Å². The third kappa shape index (κ3) is 7.28. The van der Waals surface area contributed by atoms with Crippen molar-refractivity contribution in [1.29, 1.82) is 0 Å². The van der Waals surface area contributed by atoms with Crippen molar-refractivity contribution in [3.05, 3.63) is 106 Å². The number of anilines is 4. The van der Waals surface area contributed by atoms with E-state index < -0.39 is 24.2 Å². The Bertz CT molecular complexity index is 2760. The third-order valence-electron chi connectivity index (χ3n) is 14.1. The van der Waals surface area contributed by atoms with Gasteiger partial charge in [-0.2, -0.15) is 0 Å². The summed E-state index contributed by atoms with van der Waals surface area (Å²) in [6.45, 7) is 4.99. The minimum absolute atomic E-state index is 0.147. The number of aryl methyl sites for hydroxylation is 1. The fraction of sp³-hybridized carbons (Fsp3) is 0.396. The number of fused-ring (bicyclic) bond motifs is 2. The number of imide groups is 1. The monoisotopic (exact) mass is 866 g/mol. The van der Waals surface area contributed by atoms with Crippen molar-refractivity contribution >= 4 is 57.4 Å². The molecule has 4 aromatic carbocycles. The molecule has 0 aliphatic carbocycles. The van der Waals surface area contributed by atoms with Crippen molar-refractivity contribution in [2.45, 2.75) is 63.4 Å². The van der Waals surface area contributed by atoms with E-state index in [4.69, 9.17) is 0 Å². The van der Waals surface area contributed by atoms with Crippen LogP contribution >= 0.6 is 0 Å². The molecule has 16 nitrogen and oxygen atoms in total. The Morgan fingerprint density at radius 2 is 1.70 bits per heavy atom. The summed E-state index contributed by atoms with van der Waals surface area (Å²) in [6.07, 6.45) is 2.87. The van der Waals surface area contributed by atoms with Gasteiger partial charge >= 0.3 is 5.69 Å². The lowest BCUT2D eigenvalue weighted by molar-refractivity contribution is -0.135. The van der Waals surface area contributed by atoms with Gasteiger partial charge in [-0.1, -0.05) is 24.3 Å². The van der Waals surface area contributed by atoms with E-state index >= 15 is 0 Å². The Kier molecular flexibility index (Phi) is 10.5. The second-order valence-electron chi connectivity index (χ2n) is 18.1. The number of aliphatic hydroxyl groups excluding tert-OH is 1. The summed E-state index contributed by atoms with van der Waals surface area (Å²) >= 11 is 0. The van der Waals surface area contributed by atoms with E-state index in [0.29, 0.717) is 36.2 Å². The highest BCUT2D eigenvalue weighted by Gasteiger charge is 2.45. The van der Waals surface area contributed by atoms with E-state index in [1.807, 2.05) is 35.2 Å². The summed E-state index contributed by atoms with van der Waals surface area (Å²) < 4.78 is 3.18. The van der Waals surface area contributed by atoms with E-state index in [1.54, 1.807) is 41.4 Å². The fourth-order valence-electron chi connectivity index (χ4n) is 10.8. The number of benzene rings is 4. The molecule has 332 valence electrons. The van der Waals surface area contributed by atoms with Crippen molar-refractivity contribution in [3.63, 3.8) is 0 Å². The van der Waals surface area contributed by atoms with Gasteiger partial charge in [-0.25, -0.2) is 10.2 Å². The second kappa shape index (κ2) is 16.3. The highest BCUT2D eigenvalue weighted by molar-refractivity contribution is 6.01. The average Bonchev–Trinajstić information content (AvgIpc) is 3.95. The second-order valence-corrected chi connectivity index (χ2v) is 18.1. The van der Waals surface area contributed by atoms with E-state index in [1.165, 1.54) is 0 Å². The molecule has 10 rings (SSSR count). The maximum atomic E-state index is 13.6. The number of hydrazine groups is 1. The Balaban J connectivity index is 0.869. The van der Waals surface area contributed by atoms with Crippen molar-refractivity contribution < 1.29 is 24.3 Å². The fourth-order valence-corrected chi connectivity index (χ4v) is 10.8. The summed E-state index contributed by atoms with van der Waals surface area (Å²) in [4.78, 5) is 70.3. The number of hydrogen-bond donors (Lipinski definition) is 5.